The molecule has 4 rings (SSSR count). The van der Waals surface area contributed by atoms with Crippen LogP contribution in [0.4, 0.5) is 0 Å². The van der Waals surface area contributed by atoms with E-state index in [-0.39, 0.29) is 0 Å². The standard InChI is InChI=1S/C20H23N3O2S/c1-15-6-4-11-23(13-15)26(24,25)18-9-3-8-17(12-18)19-14-22-10-5-7-16(2)20(22)21-19/h3,5,7-10,12,14-15H,4,6,11,13H2,1-2H3/t15-/m0/s1. The van der Waals surface area contributed by atoms with E-state index < -0.39 is 10.0 Å². The summed E-state index contributed by atoms with van der Waals surface area (Å²) in [5.41, 5.74) is 3.58. The van der Waals surface area contributed by atoms with E-state index in [0.717, 1.165) is 35.3 Å². The number of aromatic nitrogens is 2. The maximum atomic E-state index is 13.0. The Morgan fingerprint density at radius 2 is 2.04 bits per heavy atom. The Balaban J connectivity index is 1.73. The third kappa shape index (κ3) is 3.04. The molecule has 6 heteroatoms. The summed E-state index contributed by atoms with van der Waals surface area (Å²) in [4.78, 5) is 5.03. The number of benzene rings is 1. The molecular formula is C20H23N3O2S. The summed E-state index contributed by atoms with van der Waals surface area (Å²) < 4.78 is 29.7. The number of rotatable bonds is 3. The monoisotopic (exact) mass is 369 g/mol. The number of piperidine rings is 1. The SMILES string of the molecule is Cc1cccn2cc(-c3cccc(S(=O)(=O)N4CCC[C@H](C)C4)c3)nc12. The van der Waals surface area contributed by atoms with Crippen LogP contribution in [0.25, 0.3) is 16.9 Å². The third-order valence-corrected chi connectivity index (χ3v) is 6.93. The van der Waals surface area contributed by atoms with Crippen molar-refractivity contribution < 1.29 is 8.42 Å². The highest BCUT2D eigenvalue weighted by Crippen LogP contribution is 2.27. The van der Waals surface area contributed by atoms with Crippen LogP contribution >= 0.6 is 0 Å². The fourth-order valence-electron chi connectivity index (χ4n) is 3.62. The third-order valence-electron chi connectivity index (χ3n) is 5.07. The molecule has 0 aliphatic carbocycles. The minimum atomic E-state index is -3.46. The van der Waals surface area contributed by atoms with Crippen LogP contribution in [0.2, 0.25) is 0 Å². The minimum absolute atomic E-state index is 0.345. The van der Waals surface area contributed by atoms with Gasteiger partial charge in [-0.15, -0.1) is 0 Å². The first-order valence-electron chi connectivity index (χ1n) is 9.00. The maximum Gasteiger partial charge on any atom is 0.243 e. The number of fused-ring (bicyclic) bond motifs is 1. The van der Waals surface area contributed by atoms with E-state index in [0.29, 0.717) is 23.9 Å². The smallest absolute Gasteiger partial charge is 0.243 e. The number of pyridine rings is 1. The van der Waals surface area contributed by atoms with Gasteiger partial charge in [-0.2, -0.15) is 4.31 Å². The molecule has 5 nitrogen and oxygen atoms in total. The lowest BCUT2D eigenvalue weighted by molar-refractivity contribution is 0.281. The molecule has 1 aliphatic rings. The predicted molar refractivity (Wildman–Crippen MR) is 103 cm³/mol. The Bertz CT molecular complexity index is 1060. The van der Waals surface area contributed by atoms with Crippen LogP contribution in [-0.2, 0) is 10.0 Å². The zero-order chi connectivity index (χ0) is 18.3. The largest absolute Gasteiger partial charge is 0.306 e. The second-order valence-corrected chi connectivity index (χ2v) is 9.12. The van der Waals surface area contributed by atoms with Gasteiger partial charge in [0, 0.05) is 31.0 Å². The molecule has 3 heterocycles. The molecule has 0 saturated carbocycles. The molecule has 1 atom stereocenters. The first kappa shape index (κ1) is 17.2. The van der Waals surface area contributed by atoms with E-state index in [4.69, 9.17) is 0 Å². The lowest BCUT2D eigenvalue weighted by atomic mass is 10.0. The van der Waals surface area contributed by atoms with Crippen molar-refractivity contribution in [3.05, 3.63) is 54.4 Å². The first-order valence-corrected chi connectivity index (χ1v) is 10.4. The summed E-state index contributed by atoms with van der Waals surface area (Å²) in [6, 6.07) is 11.1. The summed E-state index contributed by atoms with van der Waals surface area (Å²) in [6.45, 7) is 5.33. The van der Waals surface area contributed by atoms with Crippen LogP contribution in [-0.4, -0.2) is 35.2 Å². The van der Waals surface area contributed by atoms with Crippen molar-refractivity contribution in [3.63, 3.8) is 0 Å². The zero-order valence-electron chi connectivity index (χ0n) is 15.1. The van der Waals surface area contributed by atoms with Crippen molar-refractivity contribution in [2.24, 2.45) is 5.92 Å². The lowest BCUT2D eigenvalue weighted by Crippen LogP contribution is -2.39. The quantitative estimate of drug-likeness (QED) is 0.707. The molecule has 0 N–H and O–H groups in total. The first-order chi connectivity index (χ1) is 12.4. The highest BCUT2D eigenvalue weighted by atomic mass is 32.2. The normalized spacial score (nSPS) is 19.1. The van der Waals surface area contributed by atoms with Crippen molar-refractivity contribution in [3.8, 4) is 11.3 Å². The van der Waals surface area contributed by atoms with E-state index in [1.807, 2.05) is 41.9 Å². The van der Waals surface area contributed by atoms with E-state index in [1.165, 1.54) is 0 Å². The second-order valence-electron chi connectivity index (χ2n) is 7.19. The van der Waals surface area contributed by atoms with Crippen molar-refractivity contribution in [1.82, 2.24) is 13.7 Å². The van der Waals surface area contributed by atoms with E-state index in [2.05, 4.69) is 11.9 Å². The van der Waals surface area contributed by atoms with Crippen molar-refractivity contribution >= 4 is 15.7 Å². The molecule has 1 fully saturated rings. The molecule has 2 aromatic heterocycles. The van der Waals surface area contributed by atoms with Gasteiger partial charge in [-0.1, -0.05) is 25.1 Å². The molecule has 136 valence electrons. The van der Waals surface area contributed by atoms with Crippen LogP contribution in [0.1, 0.15) is 25.3 Å². The van der Waals surface area contributed by atoms with Crippen LogP contribution < -0.4 is 0 Å². The average Bonchev–Trinajstić information content (AvgIpc) is 3.08. The molecular weight excluding hydrogens is 346 g/mol. The number of hydrogen-bond donors (Lipinski definition) is 0. The molecule has 0 amide bonds. The van der Waals surface area contributed by atoms with Gasteiger partial charge in [0.15, 0.2) is 0 Å². The molecule has 1 aliphatic heterocycles. The Hall–Kier alpha value is -2.18. The fraction of sp³-hybridized carbons (Fsp3) is 0.350. The molecule has 0 spiro atoms. The number of nitrogens with zero attached hydrogens (tertiary/aromatic N) is 3. The summed E-state index contributed by atoms with van der Waals surface area (Å²) >= 11 is 0. The van der Waals surface area contributed by atoms with Gasteiger partial charge in [-0.05, 0) is 49.4 Å². The van der Waals surface area contributed by atoms with Crippen LogP contribution in [0.3, 0.4) is 0 Å². The fourth-order valence-corrected chi connectivity index (χ4v) is 5.27. The average molecular weight is 369 g/mol. The van der Waals surface area contributed by atoms with Gasteiger partial charge < -0.3 is 4.40 Å². The molecule has 1 saturated heterocycles. The molecule has 0 unspecified atom stereocenters. The number of hydrogen-bond acceptors (Lipinski definition) is 3. The van der Waals surface area contributed by atoms with Gasteiger partial charge in [0.1, 0.15) is 5.65 Å². The molecule has 0 bridgehead atoms. The van der Waals surface area contributed by atoms with Crippen LogP contribution in [0.5, 0.6) is 0 Å². The van der Waals surface area contributed by atoms with E-state index >= 15 is 0 Å². The number of sulfonamides is 1. The highest BCUT2D eigenvalue weighted by molar-refractivity contribution is 7.89. The number of imidazole rings is 1. The van der Waals surface area contributed by atoms with E-state index in [9.17, 15) is 8.42 Å². The molecule has 26 heavy (non-hydrogen) atoms. The van der Waals surface area contributed by atoms with Crippen molar-refractivity contribution in [1.29, 1.82) is 0 Å². The van der Waals surface area contributed by atoms with Crippen molar-refractivity contribution in [2.45, 2.75) is 31.6 Å². The van der Waals surface area contributed by atoms with Gasteiger partial charge in [-0.3, -0.25) is 0 Å². The zero-order valence-corrected chi connectivity index (χ0v) is 15.9. The maximum absolute atomic E-state index is 13.0. The van der Waals surface area contributed by atoms with Gasteiger partial charge in [-0.25, -0.2) is 13.4 Å². The van der Waals surface area contributed by atoms with Gasteiger partial charge in [0.25, 0.3) is 0 Å². The topological polar surface area (TPSA) is 54.7 Å². The molecule has 3 aromatic rings. The Morgan fingerprint density at radius 3 is 2.81 bits per heavy atom. The van der Waals surface area contributed by atoms with Gasteiger partial charge in [0.05, 0.1) is 10.6 Å². The van der Waals surface area contributed by atoms with Gasteiger partial charge >= 0.3 is 0 Å². The van der Waals surface area contributed by atoms with Crippen LogP contribution in [0, 0.1) is 12.8 Å². The Morgan fingerprint density at radius 1 is 1.19 bits per heavy atom. The molecule has 1 aromatic carbocycles. The summed E-state index contributed by atoms with van der Waals surface area (Å²) in [5.74, 6) is 0.406. The summed E-state index contributed by atoms with van der Waals surface area (Å²) in [7, 11) is -3.46. The Labute approximate surface area is 154 Å². The van der Waals surface area contributed by atoms with Crippen molar-refractivity contribution in [2.75, 3.05) is 13.1 Å². The van der Waals surface area contributed by atoms with Gasteiger partial charge in [0.2, 0.25) is 10.0 Å². The summed E-state index contributed by atoms with van der Waals surface area (Å²) in [6.07, 6.45) is 5.91. The highest BCUT2D eigenvalue weighted by Gasteiger charge is 2.28. The minimum Gasteiger partial charge on any atom is -0.306 e. The summed E-state index contributed by atoms with van der Waals surface area (Å²) in [5, 5.41) is 0. The lowest BCUT2D eigenvalue weighted by Gasteiger charge is -2.30. The predicted octanol–water partition coefficient (Wildman–Crippen LogP) is 3.73. The Kier molecular flexibility index (Phi) is 4.32. The molecule has 0 radical (unpaired) electrons. The van der Waals surface area contributed by atoms with E-state index in [1.54, 1.807) is 22.5 Å². The van der Waals surface area contributed by atoms with Crippen LogP contribution in [0.15, 0.2) is 53.7 Å². The second kappa shape index (κ2) is 6.52. The number of aryl methyl sites for hydroxylation is 1.